The first-order valence-electron chi connectivity index (χ1n) is 11.3. The molecular formula is C23H20F5I2O9S-. The number of halogens is 7. The summed E-state index contributed by atoms with van der Waals surface area (Å²) in [6.07, 6.45) is -6.96. The lowest BCUT2D eigenvalue weighted by Gasteiger charge is -2.30. The van der Waals surface area contributed by atoms with Crippen molar-refractivity contribution >= 4 is 73.2 Å². The summed E-state index contributed by atoms with van der Waals surface area (Å²) in [5, 5.41) is -6.07. The molecule has 1 saturated carbocycles. The quantitative estimate of drug-likeness (QED) is 0.0949. The fourth-order valence-corrected chi connectivity index (χ4v) is 6.85. The third kappa shape index (κ3) is 6.88. The molecule has 1 fully saturated rings. The largest absolute Gasteiger partial charge is 0.743 e. The Hall–Kier alpha value is -1.61. The van der Waals surface area contributed by atoms with E-state index in [-0.39, 0.29) is 13.1 Å². The van der Waals surface area contributed by atoms with Crippen LogP contribution in [0.15, 0.2) is 24.3 Å². The maximum atomic E-state index is 13.9. The highest BCUT2D eigenvalue weighted by Crippen LogP contribution is 2.50. The van der Waals surface area contributed by atoms with Crippen LogP contribution in [0.2, 0.25) is 0 Å². The Morgan fingerprint density at radius 2 is 1.50 bits per heavy atom. The normalized spacial score (nSPS) is 23.6. The Bertz CT molecular complexity index is 1360. The SMILES string of the molecule is CC(C)(C)OC(=O)C1C2C=CC(C2)C1C(=O)Oc1c(I)cc(I)cc1C(=O)OC(C(F)(F)F)C(F)(F)S(=O)(=O)[O-]. The van der Waals surface area contributed by atoms with E-state index >= 15 is 0 Å². The van der Waals surface area contributed by atoms with E-state index in [9.17, 15) is 49.3 Å². The number of ether oxygens (including phenoxy) is 3. The molecule has 0 radical (unpaired) electrons. The number of benzene rings is 1. The number of carbonyl (C=O) groups excluding carboxylic acids is 3. The predicted octanol–water partition coefficient (Wildman–Crippen LogP) is 4.81. The van der Waals surface area contributed by atoms with Gasteiger partial charge in [0.2, 0.25) is 0 Å². The van der Waals surface area contributed by atoms with Gasteiger partial charge in [0.05, 0.1) is 15.4 Å². The highest BCUT2D eigenvalue weighted by atomic mass is 127. The van der Waals surface area contributed by atoms with Gasteiger partial charge in [-0.05, 0) is 96.3 Å². The first-order chi connectivity index (χ1) is 18.0. The van der Waals surface area contributed by atoms with Crippen molar-refractivity contribution in [3.8, 4) is 5.75 Å². The van der Waals surface area contributed by atoms with Gasteiger partial charge in [-0.15, -0.1) is 0 Å². The number of fused-ring (bicyclic) bond motifs is 2. The second kappa shape index (κ2) is 11.2. The fraction of sp³-hybridized carbons (Fsp3) is 0.522. The molecule has 1 aromatic rings. The van der Waals surface area contributed by atoms with Gasteiger partial charge in [-0.3, -0.25) is 9.59 Å². The van der Waals surface area contributed by atoms with Crippen LogP contribution in [0, 0.1) is 30.8 Å². The number of rotatable bonds is 7. The molecule has 3 rings (SSSR count). The summed E-state index contributed by atoms with van der Waals surface area (Å²) >= 11 is 3.20. The van der Waals surface area contributed by atoms with Crippen LogP contribution in [-0.2, 0) is 29.2 Å². The molecule has 0 aromatic heterocycles. The molecule has 222 valence electrons. The second-order valence-corrected chi connectivity index (χ2v) is 13.9. The summed E-state index contributed by atoms with van der Waals surface area (Å²) < 4.78 is 115. The van der Waals surface area contributed by atoms with Crippen molar-refractivity contribution in [3.05, 3.63) is 37.0 Å². The van der Waals surface area contributed by atoms with Gasteiger partial charge in [0.1, 0.15) is 11.2 Å². The zero-order valence-corrected chi connectivity index (χ0v) is 25.8. The molecule has 0 heterocycles. The zero-order valence-electron chi connectivity index (χ0n) is 20.6. The number of allylic oxidation sites excluding steroid dienone is 2. The van der Waals surface area contributed by atoms with E-state index in [1.807, 2.05) is 0 Å². The Morgan fingerprint density at radius 1 is 0.975 bits per heavy atom. The van der Waals surface area contributed by atoms with Crippen LogP contribution in [0.4, 0.5) is 22.0 Å². The van der Waals surface area contributed by atoms with Crippen LogP contribution in [-0.4, -0.2) is 54.0 Å². The molecule has 0 aliphatic heterocycles. The first-order valence-corrected chi connectivity index (χ1v) is 14.8. The molecule has 0 amide bonds. The van der Waals surface area contributed by atoms with Crippen molar-refractivity contribution in [1.29, 1.82) is 0 Å². The van der Waals surface area contributed by atoms with Crippen molar-refractivity contribution < 1.29 is 63.5 Å². The molecule has 0 N–H and O–H groups in total. The average molecular weight is 821 g/mol. The fourth-order valence-electron chi connectivity index (χ4n) is 4.45. The van der Waals surface area contributed by atoms with Gasteiger partial charge >= 0.3 is 29.3 Å². The molecule has 2 bridgehead atoms. The first kappa shape index (κ1) is 32.9. The van der Waals surface area contributed by atoms with Gasteiger partial charge in [-0.25, -0.2) is 13.2 Å². The lowest BCUT2D eigenvalue weighted by Crippen LogP contribution is -2.52. The van der Waals surface area contributed by atoms with E-state index in [1.165, 1.54) is 6.07 Å². The van der Waals surface area contributed by atoms with Gasteiger partial charge < -0.3 is 18.8 Å². The highest BCUT2D eigenvalue weighted by Gasteiger charge is 2.63. The van der Waals surface area contributed by atoms with Crippen molar-refractivity contribution in [2.24, 2.45) is 23.7 Å². The lowest BCUT2D eigenvalue weighted by molar-refractivity contribution is -0.248. The molecule has 1 aromatic carbocycles. The number of esters is 3. The Kier molecular flexibility index (Phi) is 9.24. The van der Waals surface area contributed by atoms with Gasteiger partial charge in [0.25, 0.3) is 6.10 Å². The van der Waals surface area contributed by atoms with E-state index in [0.717, 1.165) is 6.07 Å². The van der Waals surface area contributed by atoms with Crippen molar-refractivity contribution in [1.82, 2.24) is 0 Å². The topological polar surface area (TPSA) is 136 Å². The van der Waals surface area contributed by atoms with Gasteiger partial charge in [0, 0.05) is 3.57 Å². The molecule has 17 heteroatoms. The van der Waals surface area contributed by atoms with Crippen LogP contribution < -0.4 is 4.74 Å². The maximum absolute atomic E-state index is 13.9. The number of alkyl halides is 5. The summed E-state index contributed by atoms with van der Waals surface area (Å²) in [7, 11) is -6.92. The third-order valence-corrected chi connectivity index (χ3v) is 8.31. The van der Waals surface area contributed by atoms with E-state index in [4.69, 9.17) is 9.47 Å². The van der Waals surface area contributed by atoms with Gasteiger partial charge in [0.15, 0.2) is 15.9 Å². The Morgan fingerprint density at radius 3 is 1.98 bits per heavy atom. The van der Waals surface area contributed by atoms with Crippen LogP contribution >= 0.6 is 45.2 Å². The van der Waals surface area contributed by atoms with Crippen molar-refractivity contribution in [3.63, 3.8) is 0 Å². The van der Waals surface area contributed by atoms with E-state index in [2.05, 4.69) is 4.74 Å². The summed E-state index contributed by atoms with van der Waals surface area (Å²) in [6.45, 7) is 4.88. The average Bonchev–Trinajstić information content (AvgIpc) is 3.37. The summed E-state index contributed by atoms with van der Waals surface area (Å²) in [5.41, 5.74) is -1.81. The number of hydrogen-bond acceptors (Lipinski definition) is 9. The van der Waals surface area contributed by atoms with Gasteiger partial charge in [-0.2, -0.15) is 22.0 Å². The molecule has 5 unspecified atom stereocenters. The minimum atomic E-state index is -6.92. The summed E-state index contributed by atoms with van der Waals surface area (Å²) in [6, 6.07) is 2.20. The van der Waals surface area contributed by atoms with Crippen LogP contribution in [0.1, 0.15) is 37.6 Å². The number of carbonyl (C=O) groups is 3. The Labute approximate surface area is 252 Å². The lowest BCUT2D eigenvalue weighted by atomic mass is 9.83. The molecule has 2 aliphatic carbocycles. The van der Waals surface area contributed by atoms with Crippen molar-refractivity contribution in [2.75, 3.05) is 0 Å². The molecule has 9 nitrogen and oxygen atoms in total. The molecule has 0 saturated heterocycles. The smallest absolute Gasteiger partial charge is 0.432 e. The molecule has 5 atom stereocenters. The molecule has 0 spiro atoms. The number of hydrogen-bond donors (Lipinski definition) is 0. The van der Waals surface area contributed by atoms with Crippen molar-refractivity contribution in [2.45, 2.75) is 50.3 Å². The molecule has 2 aliphatic rings. The minimum Gasteiger partial charge on any atom is -0.743 e. The van der Waals surface area contributed by atoms with Crippen LogP contribution in [0.5, 0.6) is 5.75 Å². The standard InChI is InChI=1S/C23H21F5I2O9S/c1-21(2,3)39-19(33)15-10-5-4-9(6-10)14(15)18(32)37-16-12(7-11(29)8-13(16)30)17(31)38-20(22(24,25)26)23(27,28)40(34,35)36/h4-5,7-10,14-15,20H,6H2,1-3H3,(H,34,35,36)/p-1. The van der Waals surface area contributed by atoms with Gasteiger partial charge in [-0.1, -0.05) is 12.2 Å². The molecular weight excluding hydrogens is 801 g/mol. The maximum Gasteiger partial charge on any atom is 0.432 e. The van der Waals surface area contributed by atoms with Crippen LogP contribution in [0.25, 0.3) is 0 Å². The monoisotopic (exact) mass is 821 g/mol. The Balaban J connectivity index is 1.97. The minimum absolute atomic E-state index is 0.0240. The van der Waals surface area contributed by atoms with E-state index in [1.54, 1.807) is 78.1 Å². The second-order valence-electron chi connectivity index (χ2n) is 10.1. The molecule has 40 heavy (non-hydrogen) atoms. The third-order valence-electron chi connectivity index (χ3n) is 6.00. The zero-order chi connectivity index (χ0) is 30.6. The van der Waals surface area contributed by atoms with E-state index in [0.29, 0.717) is 6.42 Å². The predicted molar refractivity (Wildman–Crippen MR) is 141 cm³/mol. The van der Waals surface area contributed by atoms with Crippen LogP contribution in [0.3, 0.4) is 0 Å². The summed E-state index contributed by atoms with van der Waals surface area (Å²) in [5.74, 6) is -7.40. The van der Waals surface area contributed by atoms with E-state index < -0.39 is 80.2 Å². The summed E-state index contributed by atoms with van der Waals surface area (Å²) in [4.78, 5) is 39.0. The highest BCUT2D eigenvalue weighted by molar-refractivity contribution is 14.1.